The van der Waals surface area contributed by atoms with Crippen LogP contribution in [0.15, 0.2) is 56.9 Å². The van der Waals surface area contributed by atoms with Gasteiger partial charge in [-0.3, -0.25) is 19.7 Å². The smallest absolute Gasteiger partial charge is 0.258 e. The van der Waals surface area contributed by atoms with Gasteiger partial charge in [0.25, 0.3) is 11.8 Å². The summed E-state index contributed by atoms with van der Waals surface area (Å²) < 4.78 is 6.37. The molecule has 1 fully saturated rings. The Morgan fingerprint density at radius 3 is 2.84 bits per heavy atom. The number of thiophene rings is 1. The number of carbonyl (C=O) groups excluding carboxylic acids is 3. The first-order chi connectivity index (χ1) is 18.3. The van der Waals surface area contributed by atoms with Crippen LogP contribution in [0.4, 0.5) is 5.13 Å². The van der Waals surface area contributed by atoms with Gasteiger partial charge >= 0.3 is 0 Å². The van der Waals surface area contributed by atoms with Crippen molar-refractivity contribution in [2.75, 3.05) is 32.1 Å². The molecule has 1 N–H and O–H groups in total. The minimum atomic E-state index is -0.767. The lowest BCUT2D eigenvalue weighted by Crippen LogP contribution is -2.44. The van der Waals surface area contributed by atoms with Crippen molar-refractivity contribution in [2.24, 2.45) is 0 Å². The molecule has 1 atom stereocenters. The maximum absolute atomic E-state index is 13.6. The zero-order chi connectivity index (χ0) is 27.2. The number of amides is 3. The van der Waals surface area contributed by atoms with Gasteiger partial charge in [-0.25, -0.2) is 4.98 Å². The van der Waals surface area contributed by atoms with Crippen LogP contribution in [0, 0.1) is 18.3 Å². The summed E-state index contributed by atoms with van der Waals surface area (Å²) in [6.07, 6.45) is 3.41. The van der Waals surface area contributed by atoms with Crippen LogP contribution in [0.3, 0.4) is 0 Å². The largest absolute Gasteiger partial charge is 0.496 e. The number of hydrogen-bond donors (Lipinski definition) is 1. The second-order valence-corrected chi connectivity index (χ2v) is 11.5. The van der Waals surface area contributed by atoms with Gasteiger partial charge in [-0.05, 0) is 48.6 Å². The molecule has 0 unspecified atom stereocenters. The molecule has 3 heterocycles. The van der Waals surface area contributed by atoms with Gasteiger partial charge in [-0.1, -0.05) is 29.7 Å². The average molecular weight is 568 g/mol. The molecule has 0 spiro atoms. The third kappa shape index (κ3) is 6.07. The number of anilines is 1. The lowest BCUT2D eigenvalue weighted by molar-refractivity contribution is -0.127. The molecule has 1 aliphatic rings. The topological polar surface area (TPSA) is 116 Å². The SMILES string of the molecule is C=CC(=O)N1CCCN(C(=O)c2cc(Sc3cnc(NC(=O)c4ccsc4)s3)c(C)cc2OC)C[C@H]1C#N. The van der Waals surface area contributed by atoms with E-state index in [2.05, 4.69) is 22.9 Å². The minimum Gasteiger partial charge on any atom is -0.496 e. The highest BCUT2D eigenvalue weighted by molar-refractivity contribution is 8.01. The normalized spacial score (nSPS) is 15.3. The van der Waals surface area contributed by atoms with E-state index in [1.165, 1.54) is 52.5 Å². The van der Waals surface area contributed by atoms with E-state index < -0.39 is 6.04 Å². The zero-order valence-electron chi connectivity index (χ0n) is 20.8. The van der Waals surface area contributed by atoms with E-state index in [0.29, 0.717) is 41.5 Å². The molecule has 0 aliphatic carbocycles. The van der Waals surface area contributed by atoms with Crippen molar-refractivity contribution >= 4 is 57.3 Å². The van der Waals surface area contributed by atoms with Crippen molar-refractivity contribution in [2.45, 2.75) is 28.5 Å². The van der Waals surface area contributed by atoms with Crippen LogP contribution in [0.25, 0.3) is 0 Å². The molecule has 0 saturated carbocycles. The Hall–Kier alpha value is -3.66. The van der Waals surface area contributed by atoms with Crippen LogP contribution in [0.1, 0.15) is 32.7 Å². The lowest BCUT2D eigenvalue weighted by Gasteiger charge is -2.26. The molecule has 1 saturated heterocycles. The van der Waals surface area contributed by atoms with Crippen molar-refractivity contribution in [3.63, 3.8) is 0 Å². The number of hydrogen-bond acceptors (Lipinski definition) is 9. The number of aryl methyl sites for hydroxylation is 1. The number of ether oxygens (including phenoxy) is 1. The highest BCUT2D eigenvalue weighted by Crippen LogP contribution is 2.38. The number of thiazole rings is 1. The van der Waals surface area contributed by atoms with Crippen molar-refractivity contribution in [3.05, 3.63) is 64.5 Å². The van der Waals surface area contributed by atoms with Gasteiger partial charge in [0.05, 0.1) is 41.3 Å². The summed E-state index contributed by atoms with van der Waals surface area (Å²) in [5.74, 6) is -0.383. The lowest BCUT2D eigenvalue weighted by atomic mass is 10.1. The Morgan fingerprint density at radius 2 is 2.16 bits per heavy atom. The summed E-state index contributed by atoms with van der Waals surface area (Å²) in [6.45, 7) is 6.31. The Kier molecular flexibility index (Phi) is 8.83. The van der Waals surface area contributed by atoms with Gasteiger partial charge in [0.2, 0.25) is 5.91 Å². The van der Waals surface area contributed by atoms with E-state index in [1.54, 1.807) is 28.6 Å². The van der Waals surface area contributed by atoms with Crippen LogP contribution < -0.4 is 10.1 Å². The first kappa shape index (κ1) is 27.4. The van der Waals surface area contributed by atoms with Gasteiger partial charge in [0, 0.05) is 23.4 Å². The van der Waals surface area contributed by atoms with E-state index in [9.17, 15) is 19.6 Å². The first-order valence-electron chi connectivity index (χ1n) is 11.6. The maximum Gasteiger partial charge on any atom is 0.258 e. The molecule has 38 heavy (non-hydrogen) atoms. The Labute approximate surface area is 232 Å². The molecule has 0 bridgehead atoms. The summed E-state index contributed by atoms with van der Waals surface area (Å²) >= 11 is 4.23. The monoisotopic (exact) mass is 567 g/mol. The minimum absolute atomic E-state index is 0.0937. The van der Waals surface area contributed by atoms with Crippen LogP contribution in [0.5, 0.6) is 5.75 Å². The third-order valence-electron chi connectivity index (χ3n) is 5.92. The van der Waals surface area contributed by atoms with Crippen molar-refractivity contribution in [3.8, 4) is 11.8 Å². The van der Waals surface area contributed by atoms with Gasteiger partial charge < -0.3 is 14.5 Å². The van der Waals surface area contributed by atoms with Crippen molar-refractivity contribution in [1.29, 1.82) is 5.26 Å². The predicted octanol–water partition coefficient (Wildman–Crippen LogP) is 4.68. The van der Waals surface area contributed by atoms with Crippen LogP contribution >= 0.6 is 34.4 Å². The molecule has 3 amide bonds. The second kappa shape index (κ2) is 12.3. The second-order valence-electron chi connectivity index (χ2n) is 8.36. The number of rotatable bonds is 7. The molecule has 1 aliphatic heterocycles. The molecule has 4 rings (SSSR count). The molecular weight excluding hydrogens is 543 g/mol. The Bertz CT molecular complexity index is 1400. The van der Waals surface area contributed by atoms with E-state index in [4.69, 9.17) is 4.74 Å². The van der Waals surface area contributed by atoms with Gasteiger partial charge in [0.1, 0.15) is 11.8 Å². The van der Waals surface area contributed by atoms with E-state index in [-0.39, 0.29) is 24.3 Å². The Balaban J connectivity index is 1.54. The van der Waals surface area contributed by atoms with Crippen LogP contribution in [-0.4, -0.2) is 65.3 Å². The zero-order valence-corrected chi connectivity index (χ0v) is 23.3. The molecule has 9 nitrogen and oxygen atoms in total. The number of aromatic nitrogens is 1. The first-order valence-corrected chi connectivity index (χ1v) is 14.2. The van der Waals surface area contributed by atoms with E-state index >= 15 is 0 Å². The van der Waals surface area contributed by atoms with Gasteiger partial charge in [-0.2, -0.15) is 16.6 Å². The summed E-state index contributed by atoms with van der Waals surface area (Å²) in [6, 6.07) is 6.72. The fourth-order valence-corrected chi connectivity index (χ4v) is 6.55. The standard InChI is InChI=1S/C26H25N5O4S3/c1-4-22(32)31-8-5-7-30(14-18(31)12-27)25(34)19-11-21(16(2)10-20(19)35-3)37-23-13-28-26(38-23)29-24(33)17-6-9-36-15-17/h4,6,9-11,13,15,18H,1,5,7-8,14H2,2-3H3,(H,28,29,33)/t18-/m1/s1. The summed E-state index contributed by atoms with van der Waals surface area (Å²) in [4.78, 5) is 46.4. The number of nitrogens with one attached hydrogen (secondary N) is 1. The number of benzene rings is 1. The Morgan fingerprint density at radius 1 is 1.34 bits per heavy atom. The highest BCUT2D eigenvalue weighted by Gasteiger charge is 2.31. The highest BCUT2D eigenvalue weighted by atomic mass is 32.2. The molecule has 196 valence electrons. The number of carbonyl (C=O) groups is 3. The average Bonchev–Trinajstić information content (AvgIpc) is 3.57. The quantitative estimate of drug-likeness (QED) is 0.412. The molecule has 12 heteroatoms. The summed E-state index contributed by atoms with van der Waals surface area (Å²) in [5, 5.41) is 16.6. The molecule has 0 radical (unpaired) electrons. The number of methoxy groups -OCH3 is 1. The van der Waals surface area contributed by atoms with Gasteiger partial charge in [-0.15, -0.1) is 0 Å². The molecular formula is C26H25N5O4S3. The van der Waals surface area contributed by atoms with Gasteiger partial charge in [0.15, 0.2) is 5.13 Å². The third-order valence-corrected chi connectivity index (χ3v) is 8.77. The molecule has 2 aromatic heterocycles. The fraction of sp³-hybridized carbons (Fsp3) is 0.269. The fourth-order valence-electron chi connectivity index (χ4n) is 3.98. The summed E-state index contributed by atoms with van der Waals surface area (Å²) in [7, 11) is 1.51. The van der Waals surface area contributed by atoms with Crippen LogP contribution in [-0.2, 0) is 4.79 Å². The van der Waals surface area contributed by atoms with Crippen molar-refractivity contribution < 1.29 is 19.1 Å². The van der Waals surface area contributed by atoms with E-state index in [0.717, 1.165) is 14.7 Å². The van der Waals surface area contributed by atoms with Crippen molar-refractivity contribution in [1.82, 2.24) is 14.8 Å². The number of nitrogens with zero attached hydrogens (tertiary/aromatic N) is 4. The van der Waals surface area contributed by atoms with E-state index in [1.807, 2.05) is 18.4 Å². The molecule has 3 aromatic rings. The molecule has 1 aromatic carbocycles. The summed E-state index contributed by atoms with van der Waals surface area (Å²) in [5.41, 5.74) is 1.86. The number of nitriles is 1. The van der Waals surface area contributed by atoms with Crippen LogP contribution in [0.2, 0.25) is 0 Å². The maximum atomic E-state index is 13.6. The predicted molar refractivity (Wildman–Crippen MR) is 148 cm³/mol.